The van der Waals surface area contributed by atoms with Crippen LogP contribution in [-0.4, -0.2) is 25.2 Å². The Bertz CT molecular complexity index is 1130. The van der Waals surface area contributed by atoms with Gasteiger partial charge in [0.05, 0.1) is 11.4 Å². The lowest BCUT2D eigenvalue weighted by Gasteiger charge is -2.23. The predicted molar refractivity (Wildman–Crippen MR) is 123 cm³/mol. The summed E-state index contributed by atoms with van der Waals surface area (Å²) in [4.78, 5) is 12.9. The molecular weight excluding hydrogens is 464 g/mol. The van der Waals surface area contributed by atoms with E-state index < -0.39 is 15.9 Å². The highest BCUT2D eigenvalue weighted by molar-refractivity contribution is 9.10. The third kappa shape index (κ3) is 5.56. The smallest absolute Gasteiger partial charge is 0.244 e. The van der Waals surface area contributed by atoms with E-state index in [-0.39, 0.29) is 18.0 Å². The molecule has 0 aromatic heterocycles. The van der Waals surface area contributed by atoms with Crippen LogP contribution in [0, 0.1) is 13.8 Å². The number of nitrogens with one attached hydrogen (secondary N) is 1. The fourth-order valence-electron chi connectivity index (χ4n) is 3.03. The van der Waals surface area contributed by atoms with Crippen molar-refractivity contribution in [1.82, 2.24) is 4.31 Å². The molecule has 0 saturated carbocycles. The summed E-state index contributed by atoms with van der Waals surface area (Å²) < 4.78 is 29.1. The van der Waals surface area contributed by atoms with E-state index in [1.807, 2.05) is 55.5 Å². The van der Waals surface area contributed by atoms with Crippen molar-refractivity contribution in [1.29, 1.82) is 0 Å². The Hall–Kier alpha value is -2.48. The van der Waals surface area contributed by atoms with Crippen LogP contribution in [0.4, 0.5) is 5.69 Å². The molecule has 0 aliphatic heterocycles. The third-order valence-corrected chi connectivity index (χ3v) is 7.07. The molecule has 156 valence electrons. The second-order valence-electron chi connectivity index (χ2n) is 7.08. The first-order valence-electron chi connectivity index (χ1n) is 9.42. The molecule has 0 aliphatic rings. The number of aryl methyl sites for hydroxylation is 2. The lowest BCUT2D eigenvalue weighted by molar-refractivity contribution is -0.116. The number of anilines is 1. The van der Waals surface area contributed by atoms with E-state index in [1.165, 1.54) is 4.31 Å². The zero-order valence-electron chi connectivity index (χ0n) is 16.8. The second-order valence-corrected chi connectivity index (χ2v) is 9.90. The van der Waals surface area contributed by atoms with Crippen molar-refractivity contribution in [3.63, 3.8) is 0 Å². The number of hydrogen-bond donors (Lipinski definition) is 1. The Kier molecular flexibility index (Phi) is 7.07. The number of rotatable bonds is 7. The average molecular weight is 487 g/mol. The summed E-state index contributed by atoms with van der Waals surface area (Å²) in [5.74, 6) is -0.401. The van der Waals surface area contributed by atoms with Crippen molar-refractivity contribution in [2.24, 2.45) is 0 Å². The van der Waals surface area contributed by atoms with Crippen molar-refractivity contribution in [3.05, 3.63) is 94.0 Å². The summed E-state index contributed by atoms with van der Waals surface area (Å²) in [6, 6.07) is 21.7. The van der Waals surface area contributed by atoms with Gasteiger partial charge in [0.15, 0.2) is 0 Å². The normalized spacial score (nSPS) is 11.5. The molecule has 0 unspecified atom stereocenters. The largest absolute Gasteiger partial charge is 0.325 e. The monoisotopic (exact) mass is 486 g/mol. The molecule has 0 spiro atoms. The maximum atomic E-state index is 13.5. The van der Waals surface area contributed by atoms with Crippen molar-refractivity contribution in [2.45, 2.75) is 25.3 Å². The molecular formula is C23H23BrN2O3S. The van der Waals surface area contributed by atoms with Gasteiger partial charge in [0.2, 0.25) is 15.9 Å². The third-order valence-electron chi connectivity index (χ3n) is 4.61. The van der Waals surface area contributed by atoms with E-state index in [4.69, 9.17) is 0 Å². The Morgan fingerprint density at radius 2 is 1.63 bits per heavy atom. The second kappa shape index (κ2) is 9.55. The summed E-state index contributed by atoms with van der Waals surface area (Å²) in [6.07, 6.45) is 0. The highest BCUT2D eigenvalue weighted by atomic mass is 79.9. The van der Waals surface area contributed by atoms with Gasteiger partial charge in [0.25, 0.3) is 0 Å². The lowest BCUT2D eigenvalue weighted by Crippen LogP contribution is -2.37. The topological polar surface area (TPSA) is 66.5 Å². The molecule has 7 heteroatoms. The maximum absolute atomic E-state index is 13.5. The number of amides is 1. The maximum Gasteiger partial charge on any atom is 0.244 e. The van der Waals surface area contributed by atoms with Gasteiger partial charge < -0.3 is 5.32 Å². The summed E-state index contributed by atoms with van der Waals surface area (Å²) in [5.41, 5.74) is 2.90. The molecule has 0 saturated heterocycles. The van der Waals surface area contributed by atoms with Crippen LogP contribution in [0.5, 0.6) is 0 Å². The van der Waals surface area contributed by atoms with Crippen LogP contribution >= 0.6 is 15.9 Å². The van der Waals surface area contributed by atoms with Gasteiger partial charge in [-0.05, 0) is 60.9 Å². The van der Waals surface area contributed by atoms with Crippen LogP contribution in [0.1, 0.15) is 16.7 Å². The Morgan fingerprint density at radius 3 is 2.30 bits per heavy atom. The first kappa shape index (κ1) is 22.2. The highest BCUT2D eigenvalue weighted by Gasteiger charge is 2.28. The SMILES string of the molecule is Cc1ccc(C)c(S(=O)(=O)N(CC(=O)Nc2ccc(Br)cc2)Cc2ccccc2)c1. The zero-order valence-corrected chi connectivity index (χ0v) is 19.2. The van der Waals surface area contributed by atoms with Gasteiger partial charge in [-0.3, -0.25) is 4.79 Å². The van der Waals surface area contributed by atoms with Gasteiger partial charge >= 0.3 is 0 Å². The minimum Gasteiger partial charge on any atom is -0.325 e. The number of benzene rings is 3. The Balaban J connectivity index is 1.90. The fraction of sp³-hybridized carbons (Fsp3) is 0.174. The van der Waals surface area contributed by atoms with Crippen LogP contribution in [-0.2, 0) is 21.4 Å². The summed E-state index contributed by atoms with van der Waals surface area (Å²) in [5, 5.41) is 2.77. The van der Waals surface area contributed by atoms with Gasteiger partial charge in [-0.1, -0.05) is 58.4 Å². The molecule has 3 aromatic rings. The first-order chi connectivity index (χ1) is 14.3. The molecule has 0 atom stereocenters. The van der Waals surface area contributed by atoms with Crippen molar-refractivity contribution in [2.75, 3.05) is 11.9 Å². The van der Waals surface area contributed by atoms with Crippen molar-refractivity contribution < 1.29 is 13.2 Å². The number of hydrogen-bond acceptors (Lipinski definition) is 3. The number of carbonyl (C=O) groups is 1. The summed E-state index contributed by atoms with van der Waals surface area (Å²) in [6.45, 7) is 3.42. The van der Waals surface area contributed by atoms with Gasteiger partial charge in [-0.15, -0.1) is 0 Å². The molecule has 0 bridgehead atoms. The van der Waals surface area contributed by atoms with Gasteiger partial charge in [-0.2, -0.15) is 4.31 Å². The van der Waals surface area contributed by atoms with Crippen LogP contribution in [0.25, 0.3) is 0 Å². The van der Waals surface area contributed by atoms with E-state index in [2.05, 4.69) is 21.2 Å². The minimum atomic E-state index is -3.88. The van der Waals surface area contributed by atoms with Crippen LogP contribution in [0.3, 0.4) is 0 Å². The van der Waals surface area contributed by atoms with Crippen LogP contribution in [0.2, 0.25) is 0 Å². The molecule has 1 amide bonds. The highest BCUT2D eigenvalue weighted by Crippen LogP contribution is 2.23. The number of carbonyl (C=O) groups excluding carboxylic acids is 1. The molecule has 0 heterocycles. The molecule has 3 aromatic carbocycles. The van der Waals surface area contributed by atoms with Crippen LogP contribution < -0.4 is 5.32 Å². The molecule has 0 radical (unpaired) electrons. The number of sulfonamides is 1. The fourth-order valence-corrected chi connectivity index (χ4v) is 4.99. The lowest BCUT2D eigenvalue weighted by atomic mass is 10.2. The van der Waals surface area contributed by atoms with E-state index in [1.54, 1.807) is 31.2 Å². The quantitative estimate of drug-likeness (QED) is 0.516. The molecule has 5 nitrogen and oxygen atoms in total. The standard InChI is InChI=1S/C23H23BrN2O3S/c1-17-8-9-18(2)22(14-17)30(28,29)26(15-19-6-4-3-5-7-19)16-23(27)25-21-12-10-20(24)11-13-21/h3-14H,15-16H2,1-2H3,(H,25,27). The molecule has 0 aliphatic carbocycles. The first-order valence-corrected chi connectivity index (χ1v) is 11.7. The van der Waals surface area contributed by atoms with E-state index in [9.17, 15) is 13.2 Å². The molecule has 3 rings (SSSR count). The Labute approximate surface area is 185 Å². The molecule has 1 N–H and O–H groups in total. The van der Waals surface area contributed by atoms with Crippen LogP contribution in [0.15, 0.2) is 82.2 Å². The van der Waals surface area contributed by atoms with Gasteiger partial charge in [0.1, 0.15) is 0 Å². The average Bonchev–Trinajstić information content (AvgIpc) is 2.71. The summed E-state index contributed by atoms with van der Waals surface area (Å²) in [7, 11) is -3.88. The zero-order chi connectivity index (χ0) is 21.7. The van der Waals surface area contributed by atoms with Gasteiger partial charge in [0, 0.05) is 16.7 Å². The number of halogens is 1. The number of nitrogens with zero attached hydrogens (tertiary/aromatic N) is 1. The van der Waals surface area contributed by atoms with Crippen molar-refractivity contribution in [3.8, 4) is 0 Å². The van der Waals surface area contributed by atoms with Crippen molar-refractivity contribution >= 4 is 37.5 Å². The van der Waals surface area contributed by atoms with Gasteiger partial charge in [-0.25, -0.2) is 8.42 Å². The Morgan fingerprint density at radius 1 is 0.967 bits per heavy atom. The van der Waals surface area contributed by atoms with E-state index in [0.29, 0.717) is 11.3 Å². The molecule has 0 fully saturated rings. The predicted octanol–water partition coefficient (Wildman–Crippen LogP) is 4.90. The summed E-state index contributed by atoms with van der Waals surface area (Å²) >= 11 is 3.35. The van der Waals surface area contributed by atoms with E-state index in [0.717, 1.165) is 15.6 Å². The minimum absolute atomic E-state index is 0.102. The molecule has 30 heavy (non-hydrogen) atoms. The van der Waals surface area contributed by atoms with E-state index >= 15 is 0 Å².